The SMILES string of the molecule is CCNC(=NCc1ccc(OC)c(O)c1)NC(C)c1ccc(OC)c(F)c1.I. The van der Waals surface area contributed by atoms with Gasteiger partial charge in [0.1, 0.15) is 0 Å². The van der Waals surface area contributed by atoms with Gasteiger partial charge < -0.3 is 25.2 Å². The first kappa shape index (κ1) is 23.8. The van der Waals surface area contributed by atoms with Gasteiger partial charge in [-0.25, -0.2) is 9.38 Å². The molecule has 2 rings (SSSR count). The maximum absolute atomic E-state index is 13.9. The maximum atomic E-state index is 13.9. The summed E-state index contributed by atoms with van der Waals surface area (Å²) in [6.45, 7) is 4.95. The lowest BCUT2D eigenvalue weighted by Gasteiger charge is -2.19. The van der Waals surface area contributed by atoms with Gasteiger partial charge in [0, 0.05) is 6.54 Å². The van der Waals surface area contributed by atoms with Gasteiger partial charge in [0.05, 0.1) is 26.8 Å². The average Bonchev–Trinajstić information content (AvgIpc) is 2.66. The molecule has 0 fully saturated rings. The number of phenols is 1. The number of aromatic hydroxyl groups is 1. The lowest BCUT2D eigenvalue weighted by atomic mass is 10.1. The number of ether oxygens (including phenoxy) is 2. The molecule has 0 radical (unpaired) electrons. The zero-order valence-electron chi connectivity index (χ0n) is 16.5. The number of hydrogen-bond donors (Lipinski definition) is 3. The second-order valence-corrected chi connectivity index (χ2v) is 5.96. The third-order valence-corrected chi connectivity index (χ3v) is 4.04. The topological polar surface area (TPSA) is 75.1 Å². The van der Waals surface area contributed by atoms with Crippen molar-refractivity contribution in [2.75, 3.05) is 20.8 Å². The summed E-state index contributed by atoms with van der Waals surface area (Å²) in [5.41, 5.74) is 1.62. The fourth-order valence-corrected chi connectivity index (χ4v) is 2.56. The zero-order chi connectivity index (χ0) is 19.8. The van der Waals surface area contributed by atoms with Crippen LogP contribution < -0.4 is 20.1 Å². The van der Waals surface area contributed by atoms with Gasteiger partial charge in [-0.1, -0.05) is 12.1 Å². The number of halogens is 2. The molecule has 3 N–H and O–H groups in total. The Morgan fingerprint density at radius 3 is 2.39 bits per heavy atom. The number of hydrogen-bond acceptors (Lipinski definition) is 4. The highest BCUT2D eigenvalue weighted by Gasteiger charge is 2.11. The van der Waals surface area contributed by atoms with Crippen molar-refractivity contribution in [1.29, 1.82) is 0 Å². The quantitative estimate of drug-likeness (QED) is 0.303. The summed E-state index contributed by atoms with van der Waals surface area (Å²) in [4.78, 5) is 4.53. The predicted molar refractivity (Wildman–Crippen MR) is 119 cm³/mol. The molecule has 8 heteroatoms. The Morgan fingerprint density at radius 2 is 1.82 bits per heavy atom. The predicted octanol–water partition coefficient (Wildman–Crippen LogP) is 3.98. The van der Waals surface area contributed by atoms with Crippen LogP contribution in [-0.4, -0.2) is 31.8 Å². The van der Waals surface area contributed by atoms with Crippen LogP contribution in [0.3, 0.4) is 0 Å². The molecular formula is C20H27FIN3O3. The lowest BCUT2D eigenvalue weighted by Crippen LogP contribution is -2.38. The molecule has 0 amide bonds. The van der Waals surface area contributed by atoms with Gasteiger partial charge in [-0.15, -0.1) is 24.0 Å². The molecule has 0 saturated heterocycles. The molecule has 154 valence electrons. The highest BCUT2D eigenvalue weighted by Crippen LogP contribution is 2.26. The van der Waals surface area contributed by atoms with Crippen molar-refractivity contribution in [1.82, 2.24) is 10.6 Å². The number of aliphatic imine (C=N–C) groups is 1. The van der Waals surface area contributed by atoms with Crippen LogP contribution in [0.1, 0.15) is 31.0 Å². The van der Waals surface area contributed by atoms with Crippen LogP contribution in [0.25, 0.3) is 0 Å². The summed E-state index contributed by atoms with van der Waals surface area (Å²) in [7, 11) is 2.94. The van der Waals surface area contributed by atoms with Crippen molar-refractivity contribution in [3.8, 4) is 17.2 Å². The minimum atomic E-state index is -0.403. The minimum Gasteiger partial charge on any atom is -0.504 e. The number of methoxy groups -OCH3 is 2. The van der Waals surface area contributed by atoms with E-state index in [1.807, 2.05) is 26.0 Å². The molecular weight excluding hydrogens is 476 g/mol. The summed E-state index contributed by atoms with van der Waals surface area (Å²) in [6.07, 6.45) is 0. The van der Waals surface area contributed by atoms with Gasteiger partial charge in [-0.3, -0.25) is 0 Å². The Labute approximate surface area is 182 Å². The number of nitrogens with zero attached hydrogens (tertiary/aromatic N) is 1. The minimum absolute atomic E-state index is 0. The number of rotatable bonds is 7. The second-order valence-electron chi connectivity index (χ2n) is 5.96. The molecule has 1 unspecified atom stereocenters. The molecule has 1 atom stereocenters. The van der Waals surface area contributed by atoms with Crippen LogP contribution in [0.2, 0.25) is 0 Å². The van der Waals surface area contributed by atoms with E-state index in [-0.39, 0.29) is 41.5 Å². The molecule has 0 saturated carbocycles. The Balaban J connectivity index is 0.00000392. The fourth-order valence-electron chi connectivity index (χ4n) is 2.56. The zero-order valence-corrected chi connectivity index (χ0v) is 18.8. The third-order valence-electron chi connectivity index (χ3n) is 4.04. The van der Waals surface area contributed by atoms with Crippen LogP contribution in [0.15, 0.2) is 41.4 Å². The molecule has 0 aliphatic rings. The van der Waals surface area contributed by atoms with Crippen LogP contribution in [-0.2, 0) is 6.54 Å². The summed E-state index contributed by atoms with van der Waals surface area (Å²) < 4.78 is 23.9. The Bertz CT molecular complexity index is 802. The van der Waals surface area contributed by atoms with Crippen LogP contribution in [0, 0.1) is 5.82 Å². The Kier molecular flexibility index (Phi) is 9.84. The van der Waals surface area contributed by atoms with E-state index in [0.29, 0.717) is 24.8 Å². The molecule has 0 bridgehead atoms. The van der Waals surface area contributed by atoms with Crippen molar-refractivity contribution in [2.24, 2.45) is 4.99 Å². The van der Waals surface area contributed by atoms with Gasteiger partial charge in [-0.2, -0.15) is 0 Å². The van der Waals surface area contributed by atoms with Crippen molar-refractivity contribution >= 4 is 29.9 Å². The van der Waals surface area contributed by atoms with Gasteiger partial charge in [0.2, 0.25) is 0 Å². The van der Waals surface area contributed by atoms with Gasteiger partial charge >= 0.3 is 0 Å². The van der Waals surface area contributed by atoms with E-state index in [0.717, 1.165) is 11.1 Å². The van der Waals surface area contributed by atoms with Crippen molar-refractivity contribution in [3.05, 3.63) is 53.3 Å². The maximum Gasteiger partial charge on any atom is 0.192 e. The van der Waals surface area contributed by atoms with E-state index in [9.17, 15) is 9.50 Å². The lowest BCUT2D eigenvalue weighted by molar-refractivity contribution is 0.373. The van der Waals surface area contributed by atoms with E-state index in [1.54, 1.807) is 18.2 Å². The number of guanidine groups is 1. The summed E-state index contributed by atoms with van der Waals surface area (Å²) in [5.74, 6) is 0.898. The van der Waals surface area contributed by atoms with Crippen LogP contribution in [0.4, 0.5) is 4.39 Å². The molecule has 0 aliphatic carbocycles. The molecule has 0 spiro atoms. The Morgan fingerprint density at radius 1 is 1.14 bits per heavy atom. The number of phenolic OH excluding ortho intramolecular Hbond substituents is 1. The molecule has 6 nitrogen and oxygen atoms in total. The molecule has 0 aromatic heterocycles. The highest BCUT2D eigenvalue weighted by atomic mass is 127. The van der Waals surface area contributed by atoms with Gasteiger partial charge in [0.15, 0.2) is 29.0 Å². The fraction of sp³-hybridized carbons (Fsp3) is 0.350. The van der Waals surface area contributed by atoms with E-state index in [2.05, 4.69) is 15.6 Å². The van der Waals surface area contributed by atoms with Crippen molar-refractivity contribution in [2.45, 2.75) is 26.4 Å². The molecule has 0 heterocycles. The van der Waals surface area contributed by atoms with E-state index in [4.69, 9.17) is 9.47 Å². The molecule has 28 heavy (non-hydrogen) atoms. The standard InChI is InChI=1S/C20H26FN3O3.HI/c1-5-22-20(23-12-14-6-8-19(27-4)17(25)10-14)24-13(2)15-7-9-18(26-3)16(21)11-15;/h6-11,13,25H,5,12H2,1-4H3,(H2,22,23,24);1H. The normalized spacial score (nSPS) is 12.0. The van der Waals surface area contributed by atoms with Gasteiger partial charge in [0.25, 0.3) is 0 Å². The third kappa shape index (κ3) is 6.43. The first-order valence-corrected chi connectivity index (χ1v) is 8.72. The first-order chi connectivity index (χ1) is 13.0. The number of benzene rings is 2. The van der Waals surface area contributed by atoms with Gasteiger partial charge in [-0.05, 0) is 49.2 Å². The van der Waals surface area contributed by atoms with E-state index >= 15 is 0 Å². The van der Waals surface area contributed by atoms with E-state index < -0.39 is 5.82 Å². The number of nitrogens with one attached hydrogen (secondary N) is 2. The Hall–Kier alpha value is -2.23. The summed E-state index contributed by atoms with van der Waals surface area (Å²) in [6, 6.07) is 9.86. The molecule has 0 aliphatic heterocycles. The summed E-state index contributed by atoms with van der Waals surface area (Å²) >= 11 is 0. The van der Waals surface area contributed by atoms with Crippen LogP contribution in [0.5, 0.6) is 17.2 Å². The van der Waals surface area contributed by atoms with Crippen molar-refractivity contribution in [3.63, 3.8) is 0 Å². The monoisotopic (exact) mass is 503 g/mol. The van der Waals surface area contributed by atoms with Crippen LogP contribution >= 0.6 is 24.0 Å². The van der Waals surface area contributed by atoms with E-state index in [1.165, 1.54) is 20.3 Å². The molecule has 2 aromatic rings. The average molecular weight is 503 g/mol. The smallest absolute Gasteiger partial charge is 0.192 e. The highest BCUT2D eigenvalue weighted by molar-refractivity contribution is 14.0. The largest absolute Gasteiger partial charge is 0.504 e. The molecule has 2 aromatic carbocycles. The first-order valence-electron chi connectivity index (χ1n) is 8.72. The summed E-state index contributed by atoms with van der Waals surface area (Å²) in [5, 5.41) is 16.3. The van der Waals surface area contributed by atoms with Crippen molar-refractivity contribution < 1.29 is 19.0 Å². The second kappa shape index (κ2) is 11.6.